The fraction of sp³-hybridized carbons (Fsp3) is 0.375. The summed E-state index contributed by atoms with van der Waals surface area (Å²) in [5.41, 5.74) is 0.782. The second-order valence-electron chi connectivity index (χ2n) is 4.53. The SMILES string of the molecule is CCCOc1ccccc1/C=C/C(=O)NC(CC)C(=O)O. The van der Waals surface area contributed by atoms with Gasteiger partial charge in [-0.25, -0.2) is 4.79 Å². The number of ether oxygens (including phenoxy) is 1. The summed E-state index contributed by atoms with van der Waals surface area (Å²) in [4.78, 5) is 22.6. The van der Waals surface area contributed by atoms with Crippen LogP contribution in [0, 0.1) is 0 Å². The Morgan fingerprint density at radius 1 is 1.33 bits per heavy atom. The first-order valence-corrected chi connectivity index (χ1v) is 7.01. The van der Waals surface area contributed by atoms with Gasteiger partial charge >= 0.3 is 5.97 Å². The zero-order chi connectivity index (χ0) is 15.7. The molecule has 114 valence electrons. The molecule has 0 saturated carbocycles. The van der Waals surface area contributed by atoms with Crippen molar-refractivity contribution in [3.05, 3.63) is 35.9 Å². The van der Waals surface area contributed by atoms with Crippen molar-refractivity contribution >= 4 is 18.0 Å². The standard InChI is InChI=1S/C16H21NO4/c1-3-11-21-14-8-6-5-7-12(14)9-10-15(18)17-13(4-2)16(19)20/h5-10,13H,3-4,11H2,1-2H3,(H,17,18)(H,19,20)/b10-9+. The highest BCUT2D eigenvalue weighted by molar-refractivity contribution is 5.94. The third-order valence-electron chi connectivity index (χ3n) is 2.82. The van der Waals surface area contributed by atoms with Gasteiger partial charge in [0.1, 0.15) is 11.8 Å². The van der Waals surface area contributed by atoms with E-state index in [-0.39, 0.29) is 0 Å². The van der Waals surface area contributed by atoms with E-state index >= 15 is 0 Å². The molecule has 0 aliphatic carbocycles. The van der Waals surface area contributed by atoms with Gasteiger partial charge in [-0.1, -0.05) is 32.0 Å². The number of amides is 1. The summed E-state index contributed by atoms with van der Waals surface area (Å²) in [6, 6.07) is 6.51. The first-order chi connectivity index (χ1) is 10.1. The normalized spacial score (nSPS) is 12.1. The summed E-state index contributed by atoms with van der Waals surface area (Å²) in [6.45, 7) is 4.33. The fourth-order valence-electron chi connectivity index (χ4n) is 1.69. The van der Waals surface area contributed by atoms with E-state index in [1.165, 1.54) is 6.08 Å². The molecule has 0 aromatic heterocycles. The minimum absolute atomic E-state index is 0.338. The lowest BCUT2D eigenvalue weighted by Gasteiger charge is -2.10. The molecule has 2 N–H and O–H groups in total. The van der Waals surface area contributed by atoms with Gasteiger partial charge in [0.25, 0.3) is 0 Å². The van der Waals surface area contributed by atoms with Gasteiger partial charge in [0.05, 0.1) is 6.61 Å². The Morgan fingerprint density at radius 2 is 2.05 bits per heavy atom. The van der Waals surface area contributed by atoms with Crippen molar-refractivity contribution in [1.82, 2.24) is 5.32 Å². The molecule has 1 amide bonds. The van der Waals surface area contributed by atoms with Crippen molar-refractivity contribution in [2.75, 3.05) is 6.61 Å². The number of carboxylic acids is 1. The number of aliphatic carboxylic acids is 1. The molecular weight excluding hydrogens is 270 g/mol. The Kier molecular flexibility index (Phi) is 7.01. The maximum Gasteiger partial charge on any atom is 0.326 e. The van der Waals surface area contributed by atoms with Crippen LogP contribution in [0.3, 0.4) is 0 Å². The molecule has 0 aliphatic rings. The molecule has 0 fully saturated rings. The van der Waals surface area contributed by atoms with Gasteiger partial charge in [-0.15, -0.1) is 0 Å². The summed E-state index contributed by atoms with van der Waals surface area (Å²) in [7, 11) is 0. The Balaban J connectivity index is 2.71. The maximum atomic E-state index is 11.7. The number of hydrogen-bond acceptors (Lipinski definition) is 3. The van der Waals surface area contributed by atoms with Crippen LogP contribution in [0.4, 0.5) is 0 Å². The van der Waals surface area contributed by atoms with Gasteiger partial charge in [-0.2, -0.15) is 0 Å². The van der Waals surface area contributed by atoms with Gasteiger partial charge in [0.2, 0.25) is 5.91 Å². The Morgan fingerprint density at radius 3 is 2.67 bits per heavy atom. The van der Waals surface area contributed by atoms with E-state index in [4.69, 9.17) is 9.84 Å². The summed E-state index contributed by atoms with van der Waals surface area (Å²) < 4.78 is 5.58. The second-order valence-corrected chi connectivity index (χ2v) is 4.53. The lowest BCUT2D eigenvalue weighted by atomic mass is 10.2. The van der Waals surface area contributed by atoms with Gasteiger partial charge < -0.3 is 15.2 Å². The summed E-state index contributed by atoms with van der Waals surface area (Å²) in [5.74, 6) is -0.769. The summed E-state index contributed by atoms with van der Waals surface area (Å²) in [6.07, 6.45) is 4.18. The van der Waals surface area contributed by atoms with Crippen molar-refractivity contribution in [3.8, 4) is 5.75 Å². The molecule has 1 unspecified atom stereocenters. The van der Waals surface area contributed by atoms with E-state index in [0.717, 1.165) is 12.0 Å². The molecule has 21 heavy (non-hydrogen) atoms. The molecule has 1 rings (SSSR count). The monoisotopic (exact) mass is 291 g/mol. The third-order valence-corrected chi connectivity index (χ3v) is 2.82. The molecule has 5 nitrogen and oxygen atoms in total. The molecular formula is C16H21NO4. The quantitative estimate of drug-likeness (QED) is 0.721. The van der Waals surface area contributed by atoms with Crippen LogP contribution in [0.5, 0.6) is 5.75 Å². The maximum absolute atomic E-state index is 11.7. The van der Waals surface area contributed by atoms with Gasteiger partial charge in [0, 0.05) is 11.6 Å². The first kappa shape index (κ1) is 16.8. The number of carbonyl (C=O) groups is 2. The second kappa shape index (κ2) is 8.79. The lowest BCUT2D eigenvalue weighted by molar-refractivity contribution is -0.141. The van der Waals surface area contributed by atoms with Gasteiger partial charge in [-0.05, 0) is 25.0 Å². The minimum Gasteiger partial charge on any atom is -0.493 e. The molecule has 5 heteroatoms. The van der Waals surface area contributed by atoms with Gasteiger partial charge in [-0.3, -0.25) is 4.79 Å². The fourth-order valence-corrected chi connectivity index (χ4v) is 1.69. The molecule has 1 atom stereocenters. The van der Waals surface area contributed by atoms with E-state index in [1.54, 1.807) is 13.0 Å². The van der Waals surface area contributed by atoms with E-state index < -0.39 is 17.9 Å². The predicted octanol–water partition coefficient (Wildman–Crippen LogP) is 2.47. The lowest BCUT2D eigenvalue weighted by Crippen LogP contribution is -2.39. The van der Waals surface area contributed by atoms with E-state index in [0.29, 0.717) is 18.8 Å². The first-order valence-electron chi connectivity index (χ1n) is 7.01. The van der Waals surface area contributed by atoms with Crippen LogP contribution in [0.2, 0.25) is 0 Å². The Hall–Kier alpha value is -2.30. The minimum atomic E-state index is -1.04. The van der Waals surface area contributed by atoms with Gasteiger partial charge in [0.15, 0.2) is 0 Å². The Bertz CT molecular complexity index is 511. The highest BCUT2D eigenvalue weighted by atomic mass is 16.5. The Labute approximate surface area is 124 Å². The van der Waals surface area contributed by atoms with Crippen molar-refractivity contribution in [1.29, 1.82) is 0 Å². The van der Waals surface area contributed by atoms with Crippen LogP contribution < -0.4 is 10.1 Å². The average Bonchev–Trinajstić information content (AvgIpc) is 2.48. The number of carbonyl (C=O) groups excluding carboxylic acids is 1. The zero-order valence-electron chi connectivity index (χ0n) is 12.3. The highest BCUT2D eigenvalue weighted by Crippen LogP contribution is 2.19. The molecule has 0 saturated heterocycles. The van der Waals surface area contributed by atoms with E-state index in [2.05, 4.69) is 5.32 Å². The highest BCUT2D eigenvalue weighted by Gasteiger charge is 2.15. The molecule has 1 aromatic carbocycles. The summed E-state index contributed by atoms with van der Waals surface area (Å²) in [5, 5.41) is 11.3. The van der Waals surface area contributed by atoms with Crippen LogP contribution in [0.25, 0.3) is 6.08 Å². The molecule has 0 bridgehead atoms. The topological polar surface area (TPSA) is 75.6 Å². The predicted molar refractivity (Wildman–Crippen MR) is 81.1 cm³/mol. The number of nitrogens with one attached hydrogen (secondary N) is 1. The van der Waals surface area contributed by atoms with Crippen LogP contribution in [-0.2, 0) is 9.59 Å². The third kappa shape index (κ3) is 5.69. The van der Waals surface area contributed by atoms with Crippen LogP contribution in [0.1, 0.15) is 32.3 Å². The molecule has 0 spiro atoms. The number of carboxylic acid groups (broad SMARTS) is 1. The van der Waals surface area contributed by atoms with Crippen LogP contribution >= 0.6 is 0 Å². The van der Waals surface area contributed by atoms with Crippen molar-refractivity contribution < 1.29 is 19.4 Å². The molecule has 0 aliphatic heterocycles. The van der Waals surface area contributed by atoms with Crippen molar-refractivity contribution in [2.24, 2.45) is 0 Å². The molecule has 0 radical (unpaired) electrons. The van der Waals surface area contributed by atoms with Crippen molar-refractivity contribution in [2.45, 2.75) is 32.7 Å². The van der Waals surface area contributed by atoms with Crippen LogP contribution in [0.15, 0.2) is 30.3 Å². The van der Waals surface area contributed by atoms with Crippen LogP contribution in [-0.4, -0.2) is 29.6 Å². The zero-order valence-corrected chi connectivity index (χ0v) is 12.3. The van der Waals surface area contributed by atoms with E-state index in [9.17, 15) is 9.59 Å². The van der Waals surface area contributed by atoms with Crippen molar-refractivity contribution in [3.63, 3.8) is 0 Å². The van der Waals surface area contributed by atoms with E-state index in [1.807, 2.05) is 31.2 Å². The number of benzene rings is 1. The number of rotatable bonds is 8. The summed E-state index contributed by atoms with van der Waals surface area (Å²) >= 11 is 0. The number of hydrogen-bond donors (Lipinski definition) is 2. The number of para-hydroxylation sites is 1. The molecule has 0 heterocycles. The smallest absolute Gasteiger partial charge is 0.326 e. The average molecular weight is 291 g/mol. The molecule has 1 aromatic rings. The largest absolute Gasteiger partial charge is 0.493 e.